The lowest BCUT2D eigenvalue weighted by molar-refractivity contribution is -0.118. The molecule has 0 spiro atoms. The summed E-state index contributed by atoms with van der Waals surface area (Å²) in [7, 11) is -2.45. The van der Waals surface area contributed by atoms with Crippen molar-refractivity contribution >= 4 is 27.3 Å². The molecule has 0 radical (unpaired) electrons. The van der Waals surface area contributed by atoms with E-state index in [1.807, 2.05) is 0 Å². The first-order valence-corrected chi connectivity index (χ1v) is 10.9. The average Bonchev–Trinajstić information content (AvgIpc) is 3.26. The van der Waals surface area contributed by atoms with Gasteiger partial charge in [-0.2, -0.15) is 0 Å². The summed E-state index contributed by atoms with van der Waals surface area (Å²) in [5.41, 5.74) is 0.928. The number of fused-ring (bicyclic) bond motifs is 1. The minimum atomic E-state index is -3.84. The number of carbonyl (C=O) groups excluding carboxylic acids is 1. The monoisotopic (exact) mass is 458 g/mol. The van der Waals surface area contributed by atoms with Crippen LogP contribution in [-0.4, -0.2) is 34.8 Å². The van der Waals surface area contributed by atoms with E-state index in [1.165, 1.54) is 19.2 Å². The molecule has 32 heavy (non-hydrogen) atoms. The van der Waals surface area contributed by atoms with Gasteiger partial charge in [0, 0.05) is 18.8 Å². The topological polar surface area (TPSA) is 94.2 Å². The molecule has 0 fully saturated rings. The first kappa shape index (κ1) is 21.4. The van der Waals surface area contributed by atoms with Crippen molar-refractivity contribution in [3.8, 4) is 17.2 Å². The molecule has 1 amide bonds. The Morgan fingerprint density at radius 1 is 1.03 bits per heavy atom. The zero-order valence-electron chi connectivity index (χ0n) is 16.9. The molecule has 0 bridgehead atoms. The third-order valence-electron chi connectivity index (χ3n) is 4.70. The van der Waals surface area contributed by atoms with Gasteiger partial charge in [-0.05, 0) is 60.7 Å². The Morgan fingerprint density at radius 3 is 2.44 bits per heavy atom. The van der Waals surface area contributed by atoms with Gasteiger partial charge in [0.05, 0.1) is 10.6 Å². The van der Waals surface area contributed by atoms with E-state index < -0.39 is 15.8 Å². The molecule has 3 aromatic rings. The summed E-state index contributed by atoms with van der Waals surface area (Å²) in [6.45, 7) is -0.0935. The van der Waals surface area contributed by atoms with Crippen LogP contribution in [0.4, 0.5) is 15.8 Å². The highest BCUT2D eigenvalue weighted by atomic mass is 32.2. The molecule has 1 N–H and O–H groups in total. The molecule has 4 rings (SSSR count). The Bertz CT molecular complexity index is 1230. The fourth-order valence-electron chi connectivity index (χ4n) is 2.98. The highest BCUT2D eigenvalue weighted by molar-refractivity contribution is 7.92. The summed E-state index contributed by atoms with van der Waals surface area (Å²) >= 11 is 0. The van der Waals surface area contributed by atoms with Crippen LogP contribution in [0.3, 0.4) is 0 Å². The molecule has 3 aromatic carbocycles. The maximum atomic E-state index is 13.1. The Balaban J connectivity index is 1.35. The van der Waals surface area contributed by atoms with E-state index in [9.17, 15) is 17.6 Å². The number of nitrogens with one attached hydrogen (secondary N) is 1. The summed E-state index contributed by atoms with van der Waals surface area (Å²) < 4.78 is 55.5. The van der Waals surface area contributed by atoms with Crippen LogP contribution in [0.1, 0.15) is 0 Å². The van der Waals surface area contributed by atoms with Gasteiger partial charge in [-0.25, -0.2) is 12.8 Å². The summed E-state index contributed by atoms with van der Waals surface area (Å²) in [5, 5.41) is 2.70. The zero-order chi connectivity index (χ0) is 22.7. The van der Waals surface area contributed by atoms with Gasteiger partial charge in [-0.15, -0.1) is 0 Å². The van der Waals surface area contributed by atoms with Crippen molar-refractivity contribution in [1.82, 2.24) is 0 Å². The van der Waals surface area contributed by atoms with E-state index in [-0.39, 0.29) is 24.2 Å². The predicted molar refractivity (Wildman–Crippen MR) is 115 cm³/mol. The molecular formula is C22H19FN2O6S. The second-order valence-electron chi connectivity index (χ2n) is 6.83. The first-order valence-electron chi connectivity index (χ1n) is 9.50. The molecule has 1 aliphatic rings. The van der Waals surface area contributed by atoms with Gasteiger partial charge >= 0.3 is 0 Å². The second kappa shape index (κ2) is 8.75. The maximum absolute atomic E-state index is 13.1. The van der Waals surface area contributed by atoms with E-state index in [2.05, 4.69) is 5.32 Å². The lowest BCUT2D eigenvalue weighted by Crippen LogP contribution is -2.26. The van der Waals surface area contributed by atoms with E-state index in [1.54, 1.807) is 42.5 Å². The molecule has 10 heteroatoms. The number of benzene rings is 3. The number of amides is 1. The first-order chi connectivity index (χ1) is 15.3. The molecule has 1 aliphatic heterocycles. The van der Waals surface area contributed by atoms with Gasteiger partial charge in [0.2, 0.25) is 6.79 Å². The molecule has 0 unspecified atom stereocenters. The molecule has 166 valence electrons. The lowest BCUT2D eigenvalue weighted by Gasteiger charge is -2.20. The molecule has 0 atom stereocenters. The van der Waals surface area contributed by atoms with Gasteiger partial charge in [0.15, 0.2) is 18.1 Å². The Kier molecular flexibility index (Phi) is 5.87. The molecule has 0 aliphatic carbocycles. The Morgan fingerprint density at radius 2 is 1.72 bits per heavy atom. The third kappa shape index (κ3) is 4.59. The largest absolute Gasteiger partial charge is 0.484 e. The number of ether oxygens (including phenoxy) is 3. The quantitative estimate of drug-likeness (QED) is 0.583. The zero-order valence-corrected chi connectivity index (χ0v) is 17.8. The molecular weight excluding hydrogens is 439 g/mol. The van der Waals surface area contributed by atoms with Crippen molar-refractivity contribution in [1.29, 1.82) is 0 Å². The summed E-state index contributed by atoms with van der Waals surface area (Å²) in [6.07, 6.45) is 0. The number of nitrogens with zero attached hydrogens (tertiary/aromatic N) is 1. The third-order valence-corrected chi connectivity index (χ3v) is 6.50. The van der Waals surface area contributed by atoms with Gasteiger partial charge in [0.1, 0.15) is 11.6 Å². The molecule has 8 nitrogen and oxygen atoms in total. The summed E-state index contributed by atoms with van der Waals surface area (Å²) in [4.78, 5) is 12.1. The van der Waals surface area contributed by atoms with Crippen LogP contribution in [0.5, 0.6) is 17.2 Å². The van der Waals surface area contributed by atoms with Crippen LogP contribution in [0.25, 0.3) is 0 Å². The summed E-state index contributed by atoms with van der Waals surface area (Å²) in [5.74, 6) is 0.673. The summed E-state index contributed by atoms with van der Waals surface area (Å²) in [6, 6.07) is 15.9. The minimum Gasteiger partial charge on any atom is -0.484 e. The van der Waals surface area contributed by atoms with Crippen LogP contribution >= 0.6 is 0 Å². The Labute approximate surface area is 184 Å². The number of carbonyl (C=O) groups is 1. The van der Waals surface area contributed by atoms with Crippen molar-refractivity contribution in [2.75, 3.05) is 30.1 Å². The van der Waals surface area contributed by atoms with Crippen molar-refractivity contribution in [2.45, 2.75) is 4.90 Å². The minimum absolute atomic E-state index is 0.0260. The number of sulfonamides is 1. The highest BCUT2D eigenvalue weighted by Crippen LogP contribution is 2.34. The van der Waals surface area contributed by atoms with Crippen molar-refractivity contribution in [3.05, 3.63) is 72.5 Å². The number of anilines is 2. The maximum Gasteiger partial charge on any atom is 0.264 e. The SMILES string of the molecule is CN(c1ccc(OCC(=O)Nc2ccc3c(c2)OCO3)cc1)S(=O)(=O)c1ccc(F)cc1. The van der Waals surface area contributed by atoms with Crippen molar-refractivity contribution in [2.24, 2.45) is 0 Å². The fraction of sp³-hybridized carbons (Fsp3) is 0.136. The second-order valence-corrected chi connectivity index (χ2v) is 8.79. The standard InChI is InChI=1S/C22H19FN2O6S/c1-25(32(27,28)19-9-2-15(23)3-10-19)17-5-7-18(8-6-17)29-13-22(26)24-16-4-11-20-21(12-16)31-14-30-20/h2-12H,13-14H2,1H3,(H,24,26). The van der Waals surface area contributed by atoms with E-state index in [4.69, 9.17) is 14.2 Å². The predicted octanol–water partition coefficient (Wildman–Crippen LogP) is 3.40. The number of hydrogen-bond acceptors (Lipinski definition) is 6. The van der Waals surface area contributed by atoms with E-state index in [0.717, 1.165) is 16.4 Å². The number of halogens is 1. The smallest absolute Gasteiger partial charge is 0.264 e. The lowest BCUT2D eigenvalue weighted by atomic mass is 10.3. The van der Waals surface area contributed by atoms with E-state index in [0.29, 0.717) is 28.6 Å². The molecule has 0 saturated heterocycles. The van der Waals surface area contributed by atoms with Crippen LogP contribution in [-0.2, 0) is 14.8 Å². The van der Waals surface area contributed by atoms with Gasteiger partial charge in [-0.3, -0.25) is 9.10 Å². The molecule has 0 aromatic heterocycles. The van der Waals surface area contributed by atoms with Crippen LogP contribution in [0, 0.1) is 5.82 Å². The van der Waals surface area contributed by atoms with Gasteiger partial charge in [-0.1, -0.05) is 0 Å². The van der Waals surface area contributed by atoms with Crippen LogP contribution < -0.4 is 23.8 Å². The normalized spacial score (nSPS) is 12.3. The van der Waals surface area contributed by atoms with E-state index >= 15 is 0 Å². The number of hydrogen-bond donors (Lipinski definition) is 1. The van der Waals surface area contributed by atoms with Gasteiger partial charge < -0.3 is 19.5 Å². The Hall–Kier alpha value is -3.79. The molecule has 1 heterocycles. The van der Waals surface area contributed by atoms with Crippen LogP contribution in [0.15, 0.2) is 71.6 Å². The molecule has 0 saturated carbocycles. The van der Waals surface area contributed by atoms with Crippen LogP contribution in [0.2, 0.25) is 0 Å². The van der Waals surface area contributed by atoms with Crippen molar-refractivity contribution in [3.63, 3.8) is 0 Å². The average molecular weight is 458 g/mol. The number of rotatable bonds is 7. The fourth-order valence-corrected chi connectivity index (χ4v) is 4.17. The van der Waals surface area contributed by atoms with Crippen molar-refractivity contribution < 1.29 is 31.8 Å². The van der Waals surface area contributed by atoms with Gasteiger partial charge in [0.25, 0.3) is 15.9 Å². The highest BCUT2D eigenvalue weighted by Gasteiger charge is 2.21.